The first-order valence-electron chi connectivity index (χ1n) is 7.25. The Morgan fingerprint density at radius 1 is 1.00 bits per heavy atom. The molecule has 7 nitrogen and oxygen atoms in total. The minimum absolute atomic E-state index is 0.229. The van der Waals surface area contributed by atoms with Crippen LogP contribution in [0.5, 0.6) is 11.5 Å². The van der Waals surface area contributed by atoms with Gasteiger partial charge in [-0.1, -0.05) is 36.4 Å². The molecule has 0 aliphatic rings. The van der Waals surface area contributed by atoms with E-state index in [0.717, 1.165) is 11.6 Å². The highest BCUT2D eigenvalue weighted by atomic mass is 16.4. The molecule has 132 valence electrons. The zero-order valence-corrected chi connectivity index (χ0v) is 13.2. The SMILES string of the molecule is N[C@@H](Cc1ccccc1)C(=O)O.O=C(O)/C=C/c1ccc(O)c(O)c1. The van der Waals surface area contributed by atoms with E-state index >= 15 is 0 Å². The van der Waals surface area contributed by atoms with Crippen molar-refractivity contribution in [2.45, 2.75) is 12.5 Å². The maximum atomic E-state index is 10.4. The Morgan fingerprint density at radius 3 is 2.16 bits per heavy atom. The number of carboxylic acid groups (broad SMARTS) is 2. The molecule has 0 aliphatic carbocycles. The molecule has 2 rings (SSSR count). The van der Waals surface area contributed by atoms with E-state index in [1.807, 2.05) is 30.3 Å². The molecule has 0 fully saturated rings. The third kappa shape index (κ3) is 7.67. The van der Waals surface area contributed by atoms with E-state index in [9.17, 15) is 9.59 Å². The fraction of sp³-hybridized carbons (Fsp3) is 0.111. The van der Waals surface area contributed by atoms with E-state index < -0.39 is 18.0 Å². The summed E-state index contributed by atoms with van der Waals surface area (Å²) in [6, 6.07) is 12.6. The molecule has 0 saturated heterocycles. The van der Waals surface area contributed by atoms with Crippen molar-refractivity contribution in [1.82, 2.24) is 0 Å². The van der Waals surface area contributed by atoms with E-state index in [4.69, 9.17) is 26.2 Å². The molecule has 2 aromatic rings. The van der Waals surface area contributed by atoms with Crippen LogP contribution in [0.4, 0.5) is 0 Å². The molecule has 25 heavy (non-hydrogen) atoms. The molecule has 0 heterocycles. The van der Waals surface area contributed by atoms with Gasteiger partial charge in [-0.2, -0.15) is 0 Å². The summed E-state index contributed by atoms with van der Waals surface area (Å²) in [7, 11) is 0. The average Bonchev–Trinajstić information content (AvgIpc) is 2.57. The number of carboxylic acids is 2. The van der Waals surface area contributed by atoms with Gasteiger partial charge in [-0.3, -0.25) is 4.79 Å². The van der Waals surface area contributed by atoms with Crippen LogP contribution in [-0.2, 0) is 16.0 Å². The van der Waals surface area contributed by atoms with Crippen LogP contribution in [0.1, 0.15) is 11.1 Å². The summed E-state index contributed by atoms with van der Waals surface area (Å²) in [6.45, 7) is 0. The Kier molecular flexibility index (Phi) is 7.68. The van der Waals surface area contributed by atoms with Gasteiger partial charge in [0.1, 0.15) is 6.04 Å². The highest BCUT2D eigenvalue weighted by Gasteiger charge is 2.10. The van der Waals surface area contributed by atoms with Crippen LogP contribution in [0.15, 0.2) is 54.6 Å². The molecule has 0 unspecified atom stereocenters. The third-order valence-corrected chi connectivity index (χ3v) is 3.03. The Labute approximate surface area is 144 Å². The molecular formula is C18H19NO6. The highest BCUT2D eigenvalue weighted by molar-refractivity contribution is 5.85. The molecular weight excluding hydrogens is 326 g/mol. The Bertz CT molecular complexity index is 742. The van der Waals surface area contributed by atoms with Crippen molar-refractivity contribution in [3.63, 3.8) is 0 Å². The number of carbonyl (C=O) groups is 2. The van der Waals surface area contributed by atoms with Crippen molar-refractivity contribution in [1.29, 1.82) is 0 Å². The van der Waals surface area contributed by atoms with Crippen LogP contribution in [0.2, 0.25) is 0 Å². The zero-order valence-electron chi connectivity index (χ0n) is 13.2. The Balaban J connectivity index is 0.000000251. The second kappa shape index (κ2) is 9.74. The fourth-order valence-electron chi connectivity index (χ4n) is 1.77. The molecule has 0 aromatic heterocycles. The van der Waals surface area contributed by atoms with Crippen molar-refractivity contribution < 1.29 is 30.0 Å². The van der Waals surface area contributed by atoms with Crippen LogP contribution in [-0.4, -0.2) is 38.4 Å². The maximum absolute atomic E-state index is 10.4. The standard InChI is InChI=1S/C9H11NO2.C9H8O4/c10-8(9(11)12)6-7-4-2-1-3-5-7;10-7-3-1-6(5-8(7)11)2-4-9(12)13/h1-5,8H,6,10H2,(H,11,12);1-5,10-11H,(H,12,13)/b;4-2+/t8-;/m0./s1. The van der Waals surface area contributed by atoms with Crippen molar-refractivity contribution in [3.8, 4) is 11.5 Å². The lowest BCUT2D eigenvalue weighted by Gasteiger charge is -2.04. The van der Waals surface area contributed by atoms with Crippen LogP contribution >= 0.6 is 0 Å². The maximum Gasteiger partial charge on any atom is 0.328 e. The summed E-state index contributed by atoms with van der Waals surface area (Å²) in [4.78, 5) is 20.5. The van der Waals surface area contributed by atoms with Gasteiger partial charge in [-0.25, -0.2) is 4.79 Å². The molecule has 0 radical (unpaired) electrons. The first-order valence-corrected chi connectivity index (χ1v) is 7.25. The van der Waals surface area contributed by atoms with Crippen molar-refractivity contribution in [2.24, 2.45) is 5.73 Å². The summed E-state index contributed by atoms with van der Waals surface area (Å²) in [5, 5.41) is 34.8. The quantitative estimate of drug-likeness (QED) is 0.411. The van der Waals surface area contributed by atoms with Gasteiger partial charge in [-0.15, -0.1) is 0 Å². The first kappa shape index (κ1) is 19.7. The number of nitrogens with two attached hydrogens (primary N) is 1. The number of hydrogen-bond acceptors (Lipinski definition) is 5. The minimum Gasteiger partial charge on any atom is -0.504 e. The number of hydrogen-bond donors (Lipinski definition) is 5. The topological polar surface area (TPSA) is 141 Å². The lowest BCUT2D eigenvalue weighted by molar-refractivity contribution is -0.138. The zero-order chi connectivity index (χ0) is 18.8. The summed E-state index contributed by atoms with van der Waals surface area (Å²) in [6.07, 6.45) is 2.66. The smallest absolute Gasteiger partial charge is 0.328 e. The van der Waals surface area contributed by atoms with Crippen molar-refractivity contribution in [2.75, 3.05) is 0 Å². The van der Waals surface area contributed by atoms with Gasteiger partial charge in [0, 0.05) is 6.08 Å². The second-order valence-electron chi connectivity index (χ2n) is 5.05. The number of phenolic OH excluding ortho intramolecular Hbond substituents is 2. The second-order valence-corrected chi connectivity index (χ2v) is 5.05. The Morgan fingerprint density at radius 2 is 1.64 bits per heavy atom. The number of aromatic hydroxyl groups is 2. The largest absolute Gasteiger partial charge is 0.504 e. The van der Waals surface area contributed by atoms with E-state index in [1.165, 1.54) is 24.3 Å². The predicted molar refractivity (Wildman–Crippen MR) is 92.2 cm³/mol. The van der Waals surface area contributed by atoms with Crippen LogP contribution < -0.4 is 5.73 Å². The third-order valence-electron chi connectivity index (χ3n) is 3.03. The summed E-state index contributed by atoms with van der Waals surface area (Å²) < 4.78 is 0. The summed E-state index contributed by atoms with van der Waals surface area (Å²) in [5.74, 6) is -2.52. The van der Waals surface area contributed by atoms with E-state index in [1.54, 1.807) is 0 Å². The molecule has 6 N–H and O–H groups in total. The normalized spacial score (nSPS) is 11.4. The summed E-state index contributed by atoms with van der Waals surface area (Å²) in [5.41, 5.74) is 6.81. The van der Waals surface area contributed by atoms with Gasteiger partial charge in [0.25, 0.3) is 0 Å². The Hall–Kier alpha value is -3.32. The minimum atomic E-state index is -1.06. The van der Waals surface area contributed by atoms with Gasteiger partial charge in [0.15, 0.2) is 11.5 Å². The molecule has 0 bridgehead atoms. The number of phenols is 2. The molecule has 1 atom stereocenters. The van der Waals surface area contributed by atoms with E-state index in [2.05, 4.69) is 0 Å². The molecule has 7 heteroatoms. The van der Waals surface area contributed by atoms with Crippen LogP contribution in [0, 0.1) is 0 Å². The molecule has 0 spiro atoms. The average molecular weight is 345 g/mol. The van der Waals surface area contributed by atoms with Gasteiger partial charge in [0.05, 0.1) is 0 Å². The summed E-state index contributed by atoms with van der Waals surface area (Å²) >= 11 is 0. The fourth-order valence-corrected chi connectivity index (χ4v) is 1.77. The van der Waals surface area contributed by atoms with Crippen molar-refractivity contribution in [3.05, 3.63) is 65.7 Å². The molecule has 0 saturated carbocycles. The number of aliphatic carboxylic acids is 2. The van der Waals surface area contributed by atoms with Gasteiger partial charge >= 0.3 is 11.9 Å². The van der Waals surface area contributed by atoms with E-state index in [-0.39, 0.29) is 11.5 Å². The van der Waals surface area contributed by atoms with Gasteiger partial charge in [0.2, 0.25) is 0 Å². The molecule has 0 aliphatic heterocycles. The van der Waals surface area contributed by atoms with Crippen LogP contribution in [0.25, 0.3) is 6.08 Å². The number of rotatable bonds is 5. The lowest BCUT2D eigenvalue weighted by Crippen LogP contribution is -2.32. The lowest BCUT2D eigenvalue weighted by atomic mass is 10.1. The predicted octanol–water partition coefficient (Wildman–Crippen LogP) is 1.84. The van der Waals surface area contributed by atoms with Crippen molar-refractivity contribution >= 4 is 18.0 Å². The number of benzene rings is 2. The van der Waals surface area contributed by atoms with Crippen LogP contribution in [0.3, 0.4) is 0 Å². The van der Waals surface area contributed by atoms with Gasteiger partial charge in [-0.05, 0) is 35.8 Å². The molecule has 0 amide bonds. The van der Waals surface area contributed by atoms with E-state index in [0.29, 0.717) is 12.0 Å². The monoisotopic (exact) mass is 345 g/mol. The first-order chi connectivity index (χ1) is 11.8. The highest BCUT2D eigenvalue weighted by Crippen LogP contribution is 2.25. The van der Waals surface area contributed by atoms with Gasteiger partial charge < -0.3 is 26.2 Å². The molecule has 2 aromatic carbocycles.